The minimum atomic E-state index is -0.183. The van der Waals surface area contributed by atoms with E-state index < -0.39 is 0 Å². The van der Waals surface area contributed by atoms with Crippen LogP contribution in [0, 0.1) is 0 Å². The summed E-state index contributed by atoms with van der Waals surface area (Å²) < 4.78 is 0. The molecule has 0 spiro atoms. The summed E-state index contributed by atoms with van der Waals surface area (Å²) in [7, 11) is 1.57. The molecule has 100 valence electrons. The number of nitrogens with two attached hydrogens (primary N) is 1. The number of amides is 2. The number of halogens is 1. The molecule has 0 radical (unpaired) electrons. The summed E-state index contributed by atoms with van der Waals surface area (Å²) in [5.41, 5.74) is 7.01. The maximum absolute atomic E-state index is 11.6. The standard InChI is InChI=1S/C12H17N3O2.ClH/c1-14-11(16)6-7-15-12(17)10-4-2-9(8-13)3-5-10;/h2-5H,6-8,13H2,1H3,(H,14,16)(H,15,17);1H. The maximum Gasteiger partial charge on any atom is 0.251 e. The fraction of sp³-hybridized carbons (Fsp3) is 0.333. The van der Waals surface area contributed by atoms with Crippen LogP contribution in [-0.4, -0.2) is 25.4 Å². The Morgan fingerprint density at radius 1 is 1.22 bits per heavy atom. The molecule has 0 aliphatic rings. The second-order valence-corrected chi connectivity index (χ2v) is 3.58. The van der Waals surface area contributed by atoms with Crippen LogP contribution in [0.1, 0.15) is 22.3 Å². The van der Waals surface area contributed by atoms with Crippen LogP contribution < -0.4 is 16.4 Å². The van der Waals surface area contributed by atoms with Gasteiger partial charge in [-0.05, 0) is 17.7 Å². The minimum absolute atomic E-state index is 0. The van der Waals surface area contributed by atoms with Crippen LogP contribution in [0.5, 0.6) is 0 Å². The van der Waals surface area contributed by atoms with E-state index in [1.165, 1.54) is 0 Å². The molecule has 1 aromatic rings. The second kappa shape index (κ2) is 8.49. The molecule has 0 atom stereocenters. The third-order valence-electron chi connectivity index (χ3n) is 2.37. The van der Waals surface area contributed by atoms with Crippen LogP contribution in [0.2, 0.25) is 0 Å². The van der Waals surface area contributed by atoms with Gasteiger partial charge in [-0.25, -0.2) is 0 Å². The normalized spacial score (nSPS) is 9.22. The Bertz CT molecular complexity index is 393. The molecular weight excluding hydrogens is 254 g/mol. The van der Waals surface area contributed by atoms with Crippen LogP contribution in [-0.2, 0) is 11.3 Å². The fourth-order valence-electron chi connectivity index (χ4n) is 1.31. The van der Waals surface area contributed by atoms with E-state index in [1.807, 2.05) is 12.1 Å². The molecule has 0 fully saturated rings. The number of carbonyl (C=O) groups excluding carboxylic acids is 2. The van der Waals surface area contributed by atoms with Gasteiger partial charge >= 0.3 is 0 Å². The first kappa shape index (κ1) is 16.4. The van der Waals surface area contributed by atoms with Crippen LogP contribution in [0.15, 0.2) is 24.3 Å². The first-order chi connectivity index (χ1) is 8.17. The van der Waals surface area contributed by atoms with Crippen molar-refractivity contribution in [1.82, 2.24) is 10.6 Å². The molecule has 0 aromatic heterocycles. The largest absolute Gasteiger partial charge is 0.359 e. The van der Waals surface area contributed by atoms with Crippen molar-refractivity contribution in [2.24, 2.45) is 5.73 Å². The minimum Gasteiger partial charge on any atom is -0.359 e. The molecule has 0 heterocycles. The van der Waals surface area contributed by atoms with E-state index in [4.69, 9.17) is 5.73 Å². The summed E-state index contributed by atoms with van der Waals surface area (Å²) in [4.78, 5) is 22.6. The summed E-state index contributed by atoms with van der Waals surface area (Å²) in [5.74, 6) is -0.277. The van der Waals surface area contributed by atoms with Crippen LogP contribution in [0.3, 0.4) is 0 Å². The summed E-state index contributed by atoms with van der Waals surface area (Å²) in [5, 5.41) is 5.16. The van der Waals surface area contributed by atoms with Gasteiger partial charge in [0.2, 0.25) is 5.91 Å². The van der Waals surface area contributed by atoms with Gasteiger partial charge in [0, 0.05) is 32.1 Å². The van der Waals surface area contributed by atoms with Gasteiger partial charge in [-0.1, -0.05) is 12.1 Å². The van der Waals surface area contributed by atoms with E-state index in [-0.39, 0.29) is 30.6 Å². The Labute approximate surface area is 113 Å². The van der Waals surface area contributed by atoms with E-state index in [0.717, 1.165) is 5.56 Å². The predicted molar refractivity (Wildman–Crippen MR) is 72.6 cm³/mol. The Morgan fingerprint density at radius 3 is 2.33 bits per heavy atom. The number of nitrogens with one attached hydrogen (secondary N) is 2. The summed E-state index contributed by atoms with van der Waals surface area (Å²) >= 11 is 0. The fourth-order valence-corrected chi connectivity index (χ4v) is 1.31. The van der Waals surface area contributed by atoms with E-state index in [1.54, 1.807) is 19.2 Å². The first-order valence-corrected chi connectivity index (χ1v) is 5.45. The average Bonchev–Trinajstić information content (AvgIpc) is 2.38. The lowest BCUT2D eigenvalue weighted by Crippen LogP contribution is -2.29. The molecule has 0 saturated carbocycles. The van der Waals surface area contributed by atoms with Crippen molar-refractivity contribution in [1.29, 1.82) is 0 Å². The molecule has 0 aliphatic heterocycles. The highest BCUT2D eigenvalue weighted by molar-refractivity contribution is 5.94. The van der Waals surface area contributed by atoms with Gasteiger partial charge in [0.25, 0.3) is 5.91 Å². The second-order valence-electron chi connectivity index (χ2n) is 3.58. The van der Waals surface area contributed by atoms with E-state index in [0.29, 0.717) is 18.7 Å². The summed E-state index contributed by atoms with van der Waals surface area (Å²) in [6.07, 6.45) is 0.281. The molecule has 6 heteroatoms. The zero-order valence-electron chi connectivity index (χ0n) is 10.2. The lowest BCUT2D eigenvalue weighted by Gasteiger charge is -2.05. The SMILES string of the molecule is CNC(=O)CCNC(=O)c1ccc(CN)cc1.Cl. The van der Waals surface area contributed by atoms with Gasteiger partial charge in [0.05, 0.1) is 0 Å². The molecule has 1 rings (SSSR count). The molecule has 0 unspecified atom stereocenters. The number of rotatable bonds is 5. The van der Waals surface area contributed by atoms with Gasteiger partial charge in [0.1, 0.15) is 0 Å². The van der Waals surface area contributed by atoms with Gasteiger partial charge in [-0.15, -0.1) is 12.4 Å². The molecule has 1 aromatic carbocycles. The Balaban J connectivity index is 0.00000289. The van der Waals surface area contributed by atoms with Gasteiger partial charge in [-0.2, -0.15) is 0 Å². The zero-order valence-corrected chi connectivity index (χ0v) is 11.0. The topological polar surface area (TPSA) is 84.2 Å². The Kier molecular flexibility index (Phi) is 7.74. The molecule has 0 saturated heterocycles. The van der Waals surface area contributed by atoms with Crippen molar-refractivity contribution in [2.75, 3.05) is 13.6 Å². The van der Waals surface area contributed by atoms with E-state index in [9.17, 15) is 9.59 Å². The van der Waals surface area contributed by atoms with Crippen LogP contribution in [0.4, 0.5) is 0 Å². The highest BCUT2D eigenvalue weighted by atomic mass is 35.5. The highest BCUT2D eigenvalue weighted by Gasteiger charge is 2.05. The van der Waals surface area contributed by atoms with Crippen LogP contribution >= 0.6 is 12.4 Å². The third kappa shape index (κ3) is 5.16. The average molecular weight is 272 g/mol. The van der Waals surface area contributed by atoms with E-state index in [2.05, 4.69) is 10.6 Å². The van der Waals surface area contributed by atoms with Gasteiger partial charge < -0.3 is 16.4 Å². The van der Waals surface area contributed by atoms with Crippen molar-refractivity contribution in [3.8, 4) is 0 Å². The van der Waals surface area contributed by atoms with Crippen molar-refractivity contribution in [2.45, 2.75) is 13.0 Å². The van der Waals surface area contributed by atoms with Crippen molar-refractivity contribution in [3.05, 3.63) is 35.4 Å². The molecule has 18 heavy (non-hydrogen) atoms. The van der Waals surface area contributed by atoms with Crippen LogP contribution in [0.25, 0.3) is 0 Å². The number of benzene rings is 1. The van der Waals surface area contributed by atoms with Gasteiger partial charge in [-0.3, -0.25) is 9.59 Å². The third-order valence-corrected chi connectivity index (χ3v) is 2.37. The molecule has 0 aliphatic carbocycles. The number of hydrogen-bond donors (Lipinski definition) is 3. The molecular formula is C12H18ClN3O2. The predicted octanol–water partition coefficient (Wildman–Crippen LogP) is 0.433. The van der Waals surface area contributed by atoms with Crippen molar-refractivity contribution in [3.63, 3.8) is 0 Å². The van der Waals surface area contributed by atoms with Crippen molar-refractivity contribution < 1.29 is 9.59 Å². The van der Waals surface area contributed by atoms with Gasteiger partial charge in [0.15, 0.2) is 0 Å². The number of hydrogen-bond acceptors (Lipinski definition) is 3. The quantitative estimate of drug-likeness (QED) is 0.726. The maximum atomic E-state index is 11.6. The summed E-state index contributed by atoms with van der Waals surface area (Å²) in [6, 6.07) is 7.07. The lowest BCUT2D eigenvalue weighted by molar-refractivity contribution is -0.120. The van der Waals surface area contributed by atoms with E-state index >= 15 is 0 Å². The molecule has 2 amide bonds. The Morgan fingerprint density at radius 2 is 1.83 bits per heavy atom. The molecule has 5 nitrogen and oxygen atoms in total. The summed E-state index contributed by atoms with van der Waals surface area (Å²) in [6.45, 7) is 0.787. The lowest BCUT2D eigenvalue weighted by atomic mass is 10.1. The first-order valence-electron chi connectivity index (χ1n) is 5.45. The van der Waals surface area contributed by atoms with Crippen molar-refractivity contribution >= 4 is 24.2 Å². The zero-order chi connectivity index (χ0) is 12.7. The Hall–Kier alpha value is -1.59. The molecule has 0 bridgehead atoms. The number of carbonyl (C=O) groups is 2. The monoisotopic (exact) mass is 271 g/mol. The molecule has 4 N–H and O–H groups in total. The highest BCUT2D eigenvalue weighted by Crippen LogP contribution is 2.03. The smallest absolute Gasteiger partial charge is 0.251 e.